The molecule has 8 heteroatoms. The van der Waals surface area contributed by atoms with Crippen molar-refractivity contribution in [1.82, 2.24) is 9.55 Å². The second kappa shape index (κ2) is 4.66. The molecule has 18 heavy (non-hydrogen) atoms. The van der Waals surface area contributed by atoms with Crippen molar-refractivity contribution < 1.29 is 17.2 Å². The molecule has 0 aliphatic rings. The fraction of sp³-hybridized carbons (Fsp3) is 0.100. The maximum absolute atomic E-state index is 13.4. The van der Waals surface area contributed by atoms with Gasteiger partial charge in [0.1, 0.15) is 11.6 Å². The molecular weight excluding hydrogens is 286 g/mol. The van der Waals surface area contributed by atoms with Gasteiger partial charge in [-0.15, -0.1) is 0 Å². The van der Waals surface area contributed by atoms with Crippen LogP contribution in [0, 0.1) is 11.6 Å². The van der Waals surface area contributed by atoms with Gasteiger partial charge in [-0.3, -0.25) is 0 Å². The number of aromatic nitrogens is 2. The Morgan fingerprint density at radius 1 is 1.33 bits per heavy atom. The van der Waals surface area contributed by atoms with Gasteiger partial charge in [0.25, 0.3) is 9.05 Å². The molecule has 4 nitrogen and oxygen atoms in total. The molecule has 0 amide bonds. The first-order valence-electron chi connectivity index (χ1n) is 4.76. The minimum Gasteiger partial charge on any atom is -0.332 e. The van der Waals surface area contributed by atoms with Crippen LogP contribution in [-0.4, -0.2) is 18.0 Å². The molecular formula is C10H7ClF2N2O2S. The number of benzene rings is 1. The monoisotopic (exact) mass is 292 g/mol. The van der Waals surface area contributed by atoms with E-state index in [1.807, 2.05) is 0 Å². The lowest BCUT2D eigenvalue weighted by Crippen LogP contribution is -2.00. The number of halogens is 3. The zero-order chi connectivity index (χ0) is 13.3. The largest absolute Gasteiger partial charge is 0.332 e. The maximum atomic E-state index is 13.4. The summed E-state index contributed by atoms with van der Waals surface area (Å²) in [6, 6.07) is 3.03. The summed E-state index contributed by atoms with van der Waals surface area (Å²) in [6.45, 7) is -0.0387. The van der Waals surface area contributed by atoms with Crippen molar-refractivity contribution in [3.05, 3.63) is 47.9 Å². The van der Waals surface area contributed by atoms with Gasteiger partial charge in [-0.1, -0.05) is 0 Å². The second-order valence-electron chi connectivity index (χ2n) is 3.56. The molecule has 0 radical (unpaired) electrons. The molecule has 0 atom stereocenters. The molecule has 0 saturated carbocycles. The molecule has 2 rings (SSSR count). The third kappa shape index (κ3) is 2.85. The van der Waals surface area contributed by atoms with Crippen molar-refractivity contribution in [2.24, 2.45) is 0 Å². The molecule has 1 heterocycles. The molecule has 0 aliphatic heterocycles. The van der Waals surface area contributed by atoms with Gasteiger partial charge in [0.15, 0.2) is 5.03 Å². The zero-order valence-electron chi connectivity index (χ0n) is 8.85. The highest BCUT2D eigenvalue weighted by Crippen LogP contribution is 2.15. The molecule has 0 aliphatic carbocycles. The minimum atomic E-state index is -3.92. The van der Waals surface area contributed by atoms with Crippen LogP contribution < -0.4 is 0 Å². The van der Waals surface area contributed by atoms with Gasteiger partial charge in [0, 0.05) is 22.4 Å². The van der Waals surface area contributed by atoms with Gasteiger partial charge in [-0.25, -0.2) is 22.2 Å². The molecule has 0 unspecified atom stereocenters. The van der Waals surface area contributed by atoms with Crippen LogP contribution in [-0.2, 0) is 15.6 Å². The van der Waals surface area contributed by atoms with Gasteiger partial charge < -0.3 is 4.57 Å². The van der Waals surface area contributed by atoms with Crippen LogP contribution in [0.25, 0.3) is 0 Å². The Morgan fingerprint density at radius 3 is 2.67 bits per heavy atom. The summed E-state index contributed by atoms with van der Waals surface area (Å²) in [5, 5.41) is -0.332. The first-order valence-corrected chi connectivity index (χ1v) is 7.07. The number of hydrogen-bond donors (Lipinski definition) is 0. The normalized spacial score (nSPS) is 11.7. The van der Waals surface area contributed by atoms with Gasteiger partial charge in [-0.05, 0) is 18.2 Å². The summed E-state index contributed by atoms with van der Waals surface area (Å²) < 4.78 is 49.5. The smallest absolute Gasteiger partial charge is 0.280 e. The Kier molecular flexibility index (Phi) is 3.36. The van der Waals surface area contributed by atoms with Crippen molar-refractivity contribution in [2.75, 3.05) is 0 Å². The Labute approximate surface area is 106 Å². The van der Waals surface area contributed by atoms with Crippen LogP contribution in [0.1, 0.15) is 5.56 Å². The lowest BCUT2D eigenvalue weighted by Gasteiger charge is -2.03. The Bertz CT molecular complexity index is 685. The van der Waals surface area contributed by atoms with Gasteiger partial charge in [-0.2, -0.15) is 0 Å². The third-order valence-corrected chi connectivity index (χ3v) is 3.40. The van der Waals surface area contributed by atoms with E-state index in [9.17, 15) is 17.2 Å². The zero-order valence-corrected chi connectivity index (χ0v) is 10.4. The Hall–Kier alpha value is -1.47. The summed E-state index contributed by atoms with van der Waals surface area (Å²) in [7, 11) is 1.17. The van der Waals surface area contributed by atoms with Crippen LogP contribution in [0.4, 0.5) is 8.78 Å². The highest BCUT2D eigenvalue weighted by atomic mass is 35.7. The SMILES string of the molecule is O=S(=O)(Cl)c1cn(Cc2cc(F)ccc2F)cn1. The van der Waals surface area contributed by atoms with Crippen LogP contribution in [0.2, 0.25) is 0 Å². The van der Waals surface area contributed by atoms with Crippen LogP contribution >= 0.6 is 10.7 Å². The molecule has 0 N–H and O–H groups in total. The highest BCUT2D eigenvalue weighted by molar-refractivity contribution is 8.13. The van der Waals surface area contributed by atoms with Crippen molar-refractivity contribution >= 4 is 19.7 Å². The van der Waals surface area contributed by atoms with E-state index in [0.29, 0.717) is 0 Å². The van der Waals surface area contributed by atoms with E-state index in [2.05, 4.69) is 4.98 Å². The summed E-state index contributed by atoms with van der Waals surface area (Å²) in [4.78, 5) is 3.56. The topological polar surface area (TPSA) is 52.0 Å². The second-order valence-corrected chi connectivity index (χ2v) is 6.07. The van der Waals surface area contributed by atoms with E-state index >= 15 is 0 Å². The van der Waals surface area contributed by atoms with Crippen molar-refractivity contribution in [3.8, 4) is 0 Å². The predicted molar refractivity (Wildman–Crippen MR) is 60.7 cm³/mol. The first kappa shape index (κ1) is 13.0. The molecule has 0 spiro atoms. The number of hydrogen-bond acceptors (Lipinski definition) is 3. The maximum Gasteiger partial charge on any atom is 0.280 e. The number of nitrogens with zero attached hydrogens (tertiary/aromatic N) is 2. The predicted octanol–water partition coefficient (Wildman–Crippen LogP) is 2.14. The van der Waals surface area contributed by atoms with E-state index in [1.54, 1.807) is 0 Å². The summed E-state index contributed by atoms with van der Waals surface area (Å²) in [5.74, 6) is -1.16. The van der Waals surface area contributed by atoms with Crippen molar-refractivity contribution in [1.29, 1.82) is 0 Å². The number of imidazole rings is 1. The van der Waals surface area contributed by atoms with E-state index in [0.717, 1.165) is 24.4 Å². The Morgan fingerprint density at radius 2 is 2.06 bits per heavy atom. The van der Waals surface area contributed by atoms with Gasteiger partial charge in [0.2, 0.25) is 0 Å². The molecule has 0 saturated heterocycles. The average molecular weight is 293 g/mol. The fourth-order valence-corrected chi connectivity index (χ4v) is 2.09. The third-order valence-electron chi connectivity index (χ3n) is 2.22. The highest BCUT2D eigenvalue weighted by Gasteiger charge is 2.14. The minimum absolute atomic E-state index is 0.0387. The summed E-state index contributed by atoms with van der Waals surface area (Å²) >= 11 is 0. The van der Waals surface area contributed by atoms with Gasteiger partial charge >= 0.3 is 0 Å². The molecule has 96 valence electrons. The van der Waals surface area contributed by atoms with E-state index in [4.69, 9.17) is 10.7 Å². The lowest BCUT2D eigenvalue weighted by atomic mass is 10.2. The molecule has 0 fully saturated rings. The van der Waals surface area contributed by atoms with Crippen LogP contribution in [0.3, 0.4) is 0 Å². The summed E-state index contributed by atoms with van der Waals surface area (Å²) in [5.41, 5.74) is 0.0888. The standard InChI is InChI=1S/C10H7ClF2N2O2S/c11-18(16,17)10-5-15(6-14-10)4-7-3-8(12)1-2-9(7)13/h1-3,5-6H,4H2. The molecule has 1 aromatic heterocycles. The van der Waals surface area contributed by atoms with Gasteiger partial charge in [0.05, 0.1) is 12.9 Å². The van der Waals surface area contributed by atoms with E-state index in [1.165, 1.54) is 10.9 Å². The average Bonchev–Trinajstić information content (AvgIpc) is 2.71. The van der Waals surface area contributed by atoms with Crippen molar-refractivity contribution in [3.63, 3.8) is 0 Å². The fourth-order valence-electron chi connectivity index (χ4n) is 1.41. The lowest BCUT2D eigenvalue weighted by molar-refractivity contribution is 0.576. The quantitative estimate of drug-likeness (QED) is 0.815. The molecule has 0 bridgehead atoms. The van der Waals surface area contributed by atoms with Crippen LogP contribution in [0.5, 0.6) is 0 Å². The number of rotatable bonds is 3. The van der Waals surface area contributed by atoms with E-state index < -0.39 is 20.7 Å². The van der Waals surface area contributed by atoms with E-state index in [-0.39, 0.29) is 17.1 Å². The summed E-state index contributed by atoms with van der Waals surface area (Å²) in [6.07, 6.45) is 2.33. The Balaban J connectivity index is 2.29. The molecule has 2 aromatic rings. The first-order chi connectivity index (χ1) is 8.36. The molecule has 1 aromatic carbocycles. The van der Waals surface area contributed by atoms with Crippen LogP contribution in [0.15, 0.2) is 35.7 Å². The van der Waals surface area contributed by atoms with Crippen molar-refractivity contribution in [2.45, 2.75) is 11.6 Å².